The van der Waals surface area contributed by atoms with Gasteiger partial charge in [0.2, 0.25) is 11.8 Å². The topological polar surface area (TPSA) is 105 Å². The van der Waals surface area contributed by atoms with E-state index >= 15 is 0 Å². The van der Waals surface area contributed by atoms with Crippen molar-refractivity contribution in [2.24, 2.45) is 0 Å². The van der Waals surface area contributed by atoms with Crippen molar-refractivity contribution < 1.29 is 31.9 Å². The number of benzene rings is 3. The molecule has 220 valence electrons. The van der Waals surface area contributed by atoms with Crippen molar-refractivity contribution in [3.63, 3.8) is 0 Å². The Bertz CT molecular complexity index is 1510. The second kappa shape index (κ2) is 13.9. The molecule has 0 spiro atoms. The van der Waals surface area contributed by atoms with Gasteiger partial charge in [0.15, 0.2) is 11.5 Å². The minimum Gasteiger partial charge on any atom is -0.493 e. The molecule has 0 heterocycles. The number of rotatable bonds is 12. The smallest absolute Gasteiger partial charge is 0.264 e. The van der Waals surface area contributed by atoms with Crippen molar-refractivity contribution in [1.82, 2.24) is 10.2 Å². The van der Waals surface area contributed by atoms with Crippen LogP contribution in [-0.2, 0) is 26.2 Å². The summed E-state index contributed by atoms with van der Waals surface area (Å²) < 4.78 is 53.0. The van der Waals surface area contributed by atoms with Crippen LogP contribution in [0.15, 0.2) is 65.6 Å². The molecule has 41 heavy (non-hydrogen) atoms. The highest BCUT2D eigenvalue weighted by Gasteiger charge is 2.33. The zero-order valence-electron chi connectivity index (χ0n) is 22.9. The molecule has 3 rings (SSSR count). The maximum atomic E-state index is 13.9. The van der Waals surface area contributed by atoms with Crippen LogP contribution in [-0.4, -0.2) is 58.5 Å². The Hall–Kier alpha value is -3.54. The molecule has 3 aromatic rings. The molecule has 0 aliphatic heterocycles. The fourth-order valence-corrected chi connectivity index (χ4v) is 5.73. The van der Waals surface area contributed by atoms with E-state index < -0.39 is 40.2 Å². The Morgan fingerprint density at radius 1 is 0.951 bits per heavy atom. The lowest BCUT2D eigenvalue weighted by Crippen LogP contribution is -2.51. The van der Waals surface area contributed by atoms with E-state index in [2.05, 4.69) is 5.32 Å². The Kier molecular flexibility index (Phi) is 10.8. The third-order valence-corrected chi connectivity index (χ3v) is 8.70. The number of sulfonamides is 1. The molecule has 1 atom stereocenters. The molecule has 0 saturated carbocycles. The lowest BCUT2D eigenvalue weighted by atomic mass is 10.1. The van der Waals surface area contributed by atoms with Crippen LogP contribution in [0.4, 0.5) is 10.1 Å². The Labute approximate surface area is 248 Å². The van der Waals surface area contributed by atoms with Crippen LogP contribution in [0.25, 0.3) is 0 Å². The number of likely N-dealkylation sites (N-methyl/N-ethyl adjacent to an activating group) is 1. The molecule has 9 nitrogen and oxygen atoms in total. The van der Waals surface area contributed by atoms with Crippen molar-refractivity contribution in [3.05, 3.63) is 82.1 Å². The summed E-state index contributed by atoms with van der Waals surface area (Å²) in [6.45, 7) is 2.83. The van der Waals surface area contributed by atoms with Gasteiger partial charge >= 0.3 is 0 Å². The summed E-state index contributed by atoms with van der Waals surface area (Å²) in [6.07, 6.45) is 0. The van der Waals surface area contributed by atoms with E-state index in [0.29, 0.717) is 22.9 Å². The molecule has 0 saturated heterocycles. The minimum absolute atomic E-state index is 0.0367. The van der Waals surface area contributed by atoms with Gasteiger partial charge in [0.1, 0.15) is 18.4 Å². The minimum atomic E-state index is -4.41. The second-order valence-electron chi connectivity index (χ2n) is 8.85. The average Bonchev–Trinajstić information content (AvgIpc) is 2.96. The van der Waals surface area contributed by atoms with Gasteiger partial charge in [-0.2, -0.15) is 0 Å². The van der Waals surface area contributed by atoms with Gasteiger partial charge in [-0.15, -0.1) is 0 Å². The maximum Gasteiger partial charge on any atom is 0.264 e. The van der Waals surface area contributed by atoms with E-state index in [0.717, 1.165) is 16.4 Å². The van der Waals surface area contributed by atoms with Crippen LogP contribution in [0.3, 0.4) is 0 Å². The molecular weight excluding hydrogens is 596 g/mol. The Balaban J connectivity index is 2.07. The molecule has 0 aliphatic carbocycles. The zero-order chi connectivity index (χ0) is 30.3. The van der Waals surface area contributed by atoms with Gasteiger partial charge in [-0.3, -0.25) is 13.9 Å². The lowest BCUT2D eigenvalue weighted by Gasteiger charge is -2.32. The van der Waals surface area contributed by atoms with Gasteiger partial charge in [-0.1, -0.05) is 29.3 Å². The quantitative estimate of drug-likeness (QED) is 0.307. The third kappa shape index (κ3) is 7.60. The number of ether oxygens (including phenoxy) is 2. The van der Waals surface area contributed by atoms with Crippen LogP contribution >= 0.6 is 23.2 Å². The van der Waals surface area contributed by atoms with Crippen molar-refractivity contribution in [2.45, 2.75) is 31.3 Å². The van der Waals surface area contributed by atoms with Crippen LogP contribution in [0, 0.1) is 5.82 Å². The molecule has 3 aromatic carbocycles. The molecule has 2 amide bonds. The van der Waals surface area contributed by atoms with Crippen molar-refractivity contribution in [2.75, 3.05) is 31.6 Å². The zero-order valence-corrected chi connectivity index (χ0v) is 25.2. The average molecular weight is 627 g/mol. The fraction of sp³-hybridized carbons (Fsp3) is 0.286. The van der Waals surface area contributed by atoms with E-state index in [1.54, 1.807) is 25.1 Å². The first-order valence-electron chi connectivity index (χ1n) is 12.4. The van der Waals surface area contributed by atoms with Crippen molar-refractivity contribution >= 4 is 50.7 Å². The Morgan fingerprint density at radius 3 is 2.20 bits per heavy atom. The number of hydrogen-bond donors (Lipinski definition) is 1. The molecule has 0 fully saturated rings. The van der Waals surface area contributed by atoms with Crippen LogP contribution < -0.4 is 19.1 Å². The molecule has 0 unspecified atom stereocenters. The van der Waals surface area contributed by atoms with Gasteiger partial charge in [-0.05, 0) is 67.9 Å². The predicted octanol–water partition coefficient (Wildman–Crippen LogP) is 4.90. The first kappa shape index (κ1) is 32.0. The summed E-state index contributed by atoms with van der Waals surface area (Å²) >= 11 is 12.2. The lowest BCUT2D eigenvalue weighted by molar-refractivity contribution is -0.139. The van der Waals surface area contributed by atoms with E-state index in [9.17, 15) is 22.4 Å². The molecular formula is C28H30Cl2FN3O6S. The van der Waals surface area contributed by atoms with E-state index in [1.165, 1.54) is 56.4 Å². The van der Waals surface area contributed by atoms with Crippen molar-refractivity contribution in [1.29, 1.82) is 0 Å². The summed E-state index contributed by atoms with van der Waals surface area (Å²) in [4.78, 5) is 27.7. The monoisotopic (exact) mass is 625 g/mol. The van der Waals surface area contributed by atoms with Gasteiger partial charge < -0.3 is 19.7 Å². The summed E-state index contributed by atoms with van der Waals surface area (Å²) in [7, 11) is -1.63. The van der Waals surface area contributed by atoms with E-state index in [4.69, 9.17) is 32.7 Å². The maximum absolute atomic E-state index is 13.9. The van der Waals surface area contributed by atoms with E-state index in [1.807, 2.05) is 0 Å². The SMILES string of the molecule is CCNC(=O)[C@H](C)N(Cc1ccc(Cl)c(Cl)c1)C(=O)CN(c1ccc(F)cc1)S(=O)(=O)c1ccc(OC)c(OC)c1. The molecule has 0 bridgehead atoms. The fourth-order valence-electron chi connectivity index (χ4n) is 3.98. The van der Waals surface area contributed by atoms with Crippen LogP contribution in [0.2, 0.25) is 10.0 Å². The normalized spacial score (nSPS) is 11.9. The highest BCUT2D eigenvalue weighted by atomic mass is 35.5. The molecule has 0 aromatic heterocycles. The highest BCUT2D eigenvalue weighted by molar-refractivity contribution is 7.92. The summed E-state index contributed by atoms with van der Waals surface area (Å²) in [5.41, 5.74) is 0.606. The predicted molar refractivity (Wildman–Crippen MR) is 156 cm³/mol. The molecule has 0 aliphatic rings. The number of halogens is 3. The summed E-state index contributed by atoms with van der Waals surface area (Å²) in [6, 6.07) is 12.5. The number of nitrogens with zero attached hydrogens (tertiary/aromatic N) is 2. The van der Waals surface area contributed by atoms with Gasteiger partial charge in [-0.25, -0.2) is 12.8 Å². The van der Waals surface area contributed by atoms with Gasteiger partial charge in [0.25, 0.3) is 10.0 Å². The van der Waals surface area contributed by atoms with Gasteiger partial charge in [0, 0.05) is 19.2 Å². The molecule has 0 radical (unpaired) electrons. The number of carbonyl (C=O) groups is 2. The largest absolute Gasteiger partial charge is 0.493 e. The van der Waals surface area contributed by atoms with Crippen molar-refractivity contribution in [3.8, 4) is 11.5 Å². The third-order valence-electron chi connectivity index (χ3n) is 6.19. The first-order chi connectivity index (χ1) is 19.4. The van der Waals surface area contributed by atoms with Crippen LogP contribution in [0.5, 0.6) is 11.5 Å². The molecule has 1 N–H and O–H groups in total. The first-order valence-corrected chi connectivity index (χ1v) is 14.6. The molecule has 13 heteroatoms. The number of nitrogens with one attached hydrogen (secondary N) is 1. The number of anilines is 1. The second-order valence-corrected chi connectivity index (χ2v) is 11.5. The number of carbonyl (C=O) groups excluding carboxylic acids is 2. The van der Waals surface area contributed by atoms with E-state index in [-0.39, 0.29) is 27.9 Å². The number of hydrogen-bond acceptors (Lipinski definition) is 6. The summed E-state index contributed by atoms with van der Waals surface area (Å²) in [5, 5.41) is 3.25. The Morgan fingerprint density at radius 2 is 1.61 bits per heavy atom. The summed E-state index contributed by atoms with van der Waals surface area (Å²) in [5.74, 6) is -1.25. The number of amides is 2. The van der Waals surface area contributed by atoms with Crippen LogP contribution in [0.1, 0.15) is 19.4 Å². The standard InChI is InChI=1S/C28H30Cl2FN3O6S/c1-5-32-28(36)18(2)33(16-19-6-12-23(29)24(30)14-19)27(35)17-34(21-9-7-20(31)8-10-21)41(37,38)22-11-13-25(39-3)26(15-22)40-4/h6-15,18H,5,16-17H2,1-4H3,(H,32,36)/t18-/m0/s1. The highest BCUT2D eigenvalue weighted by Crippen LogP contribution is 2.32. The van der Waals surface area contributed by atoms with Gasteiger partial charge in [0.05, 0.1) is 34.8 Å². The number of methoxy groups -OCH3 is 2.